The van der Waals surface area contributed by atoms with Gasteiger partial charge in [0, 0.05) is 6.04 Å². The Labute approximate surface area is 105 Å². The maximum Gasteiger partial charge on any atom is 0.231 e. The fraction of sp³-hybridized carbons (Fsp3) is 0.538. The molecule has 5 nitrogen and oxygen atoms in total. The summed E-state index contributed by atoms with van der Waals surface area (Å²) in [6.45, 7) is 3.27. The molecule has 18 heavy (non-hydrogen) atoms. The van der Waals surface area contributed by atoms with Gasteiger partial charge in [-0.25, -0.2) is 0 Å². The first kappa shape index (κ1) is 11.8. The molecule has 0 aliphatic carbocycles. The summed E-state index contributed by atoms with van der Waals surface area (Å²) in [5.74, 6) is 1.48. The number of hydrogen-bond acceptors (Lipinski definition) is 5. The van der Waals surface area contributed by atoms with Crippen LogP contribution in [0.15, 0.2) is 12.1 Å². The van der Waals surface area contributed by atoms with Gasteiger partial charge in [0.25, 0.3) is 0 Å². The van der Waals surface area contributed by atoms with E-state index in [0.717, 1.165) is 22.6 Å². The van der Waals surface area contributed by atoms with E-state index in [4.69, 9.17) is 19.9 Å². The van der Waals surface area contributed by atoms with Crippen LogP contribution in [0.25, 0.3) is 0 Å². The summed E-state index contributed by atoms with van der Waals surface area (Å²) in [4.78, 5) is 0. The van der Waals surface area contributed by atoms with Crippen molar-refractivity contribution in [3.63, 3.8) is 0 Å². The molecule has 0 spiro atoms. The van der Waals surface area contributed by atoms with E-state index < -0.39 is 0 Å². The molecule has 2 aliphatic rings. The standard InChI is InChI=1S/C13H17NO4/c1-8-2-10-11(18-7-17-10)3-9(8)12(14)13(4-15)5-16-6-13/h2-3,12,15H,4-7,14H2,1H3. The second kappa shape index (κ2) is 4.12. The van der Waals surface area contributed by atoms with E-state index in [1.165, 1.54) is 0 Å². The van der Waals surface area contributed by atoms with Gasteiger partial charge in [-0.2, -0.15) is 0 Å². The summed E-state index contributed by atoms with van der Waals surface area (Å²) in [6, 6.07) is 3.59. The highest BCUT2D eigenvalue weighted by atomic mass is 16.7. The molecule has 1 saturated heterocycles. The van der Waals surface area contributed by atoms with Gasteiger partial charge in [-0.05, 0) is 30.2 Å². The van der Waals surface area contributed by atoms with E-state index >= 15 is 0 Å². The minimum atomic E-state index is -0.363. The van der Waals surface area contributed by atoms with Crippen molar-refractivity contribution >= 4 is 0 Å². The molecular formula is C13H17NO4. The van der Waals surface area contributed by atoms with E-state index in [-0.39, 0.29) is 24.9 Å². The fourth-order valence-corrected chi connectivity index (χ4v) is 2.46. The van der Waals surface area contributed by atoms with Gasteiger partial charge >= 0.3 is 0 Å². The SMILES string of the molecule is Cc1cc2c(cc1C(N)C1(CO)COC1)OCO2. The molecule has 1 unspecified atom stereocenters. The Morgan fingerprint density at radius 2 is 2.00 bits per heavy atom. The Kier molecular flexibility index (Phi) is 2.69. The highest BCUT2D eigenvalue weighted by Gasteiger charge is 2.45. The van der Waals surface area contributed by atoms with Crippen LogP contribution in [0.1, 0.15) is 17.2 Å². The lowest BCUT2D eigenvalue weighted by molar-refractivity contribution is -0.150. The zero-order valence-corrected chi connectivity index (χ0v) is 10.3. The lowest BCUT2D eigenvalue weighted by atomic mass is 9.75. The highest BCUT2D eigenvalue weighted by Crippen LogP contribution is 2.43. The third kappa shape index (κ3) is 1.59. The van der Waals surface area contributed by atoms with Crippen molar-refractivity contribution in [2.75, 3.05) is 26.6 Å². The smallest absolute Gasteiger partial charge is 0.231 e. The van der Waals surface area contributed by atoms with Gasteiger partial charge in [-0.3, -0.25) is 0 Å². The molecule has 98 valence electrons. The molecule has 0 amide bonds. The van der Waals surface area contributed by atoms with E-state index in [1.807, 2.05) is 19.1 Å². The van der Waals surface area contributed by atoms with Crippen LogP contribution >= 0.6 is 0 Å². The highest BCUT2D eigenvalue weighted by molar-refractivity contribution is 5.49. The molecule has 5 heteroatoms. The molecule has 0 aromatic heterocycles. The molecule has 0 bridgehead atoms. The van der Waals surface area contributed by atoms with E-state index in [0.29, 0.717) is 13.2 Å². The Hall–Kier alpha value is -1.30. The number of rotatable bonds is 3. The van der Waals surface area contributed by atoms with Crippen molar-refractivity contribution in [1.29, 1.82) is 0 Å². The number of aliphatic hydroxyl groups is 1. The molecule has 1 fully saturated rings. The van der Waals surface area contributed by atoms with Crippen LogP contribution in [0.3, 0.4) is 0 Å². The molecule has 2 aliphatic heterocycles. The van der Waals surface area contributed by atoms with Gasteiger partial charge in [0.15, 0.2) is 11.5 Å². The summed E-state index contributed by atoms with van der Waals surface area (Å²) in [5, 5.41) is 9.54. The minimum Gasteiger partial charge on any atom is -0.454 e. The van der Waals surface area contributed by atoms with Crippen molar-refractivity contribution in [3.05, 3.63) is 23.3 Å². The monoisotopic (exact) mass is 251 g/mol. The largest absolute Gasteiger partial charge is 0.454 e. The molecule has 1 aromatic carbocycles. The zero-order valence-electron chi connectivity index (χ0n) is 10.3. The van der Waals surface area contributed by atoms with Crippen molar-refractivity contribution in [3.8, 4) is 11.5 Å². The van der Waals surface area contributed by atoms with E-state index in [1.54, 1.807) is 0 Å². The normalized spacial score (nSPS) is 21.5. The zero-order chi connectivity index (χ0) is 12.8. The Balaban J connectivity index is 1.96. The first-order chi connectivity index (χ1) is 8.66. The number of benzene rings is 1. The lowest BCUT2D eigenvalue weighted by Crippen LogP contribution is -2.53. The first-order valence-corrected chi connectivity index (χ1v) is 6.01. The fourth-order valence-electron chi connectivity index (χ4n) is 2.46. The third-order valence-corrected chi connectivity index (χ3v) is 3.85. The summed E-state index contributed by atoms with van der Waals surface area (Å²) >= 11 is 0. The van der Waals surface area contributed by atoms with Crippen LogP contribution in [0.5, 0.6) is 11.5 Å². The van der Waals surface area contributed by atoms with Crippen molar-refractivity contribution in [1.82, 2.24) is 0 Å². The van der Waals surface area contributed by atoms with Crippen LogP contribution in [0, 0.1) is 12.3 Å². The minimum absolute atomic E-state index is 0.0298. The Morgan fingerprint density at radius 1 is 1.33 bits per heavy atom. The van der Waals surface area contributed by atoms with Gasteiger partial charge in [0.1, 0.15) is 0 Å². The maximum absolute atomic E-state index is 9.54. The first-order valence-electron chi connectivity index (χ1n) is 6.01. The van der Waals surface area contributed by atoms with E-state index in [9.17, 15) is 5.11 Å². The quantitative estimate of drug-likeness (QED) is 0.828. The third-order valence-electron chi connectivity index (χ3n) is 3.85. The number of aliphatic hydroxyl groups excluding tert-OH is 1. The van der Waals surface area contributed by atoms with Gasteiger partial charge < -0.3 is 25.1 Å². The number of aryl methyl sites for hydroxylation is 1. The molecule has 0 saturated carbocycles. The predicted molar refractivity (Wildman–Crippen MR) is 64.6 cm³/mol. The van der Waals surface area contributed by atoms with Crippen LogP contribution < -0.4 is 15.2 Å². The molecule has 1 atom stereocenters. The Morgan fingerprint density at radius 3 is 2.56 bits per heavy atom. The van der Waals surface area contributed by atoms with Gasteiger partial charge in [0.2, 0.25) is 6.79 Å². The summed E-state index contributed by atoms with van der Waals surface area (Å²) < 4.78 is 15.9. The topological polar surface area (TPSA) is 73.9 Å². The lowest BCUT2D eigenvalue weighted by Gasteiger charge is -2.44. The number of ether oxygens (including phenoxy) is 3. The van der Waals surface area contributed by atoms with Crippen molar-refractivity contribution in [2.45, 2.75) is 13.0 Å². The second-order valence-electron chi connectivity index (χ2n) is 5.05. The molecule has 3 N–H and O–H groups in total. The summed E-state index contributed by atoms with van der Waals surface area (Å²) in [6.07, 6.45) is 0. The number of nitrogens with two attached hydrogens (primary N) is 1. The Bertz CT molecular complexity index is 465. The van der Waals surface area contributed by atoms with Crippen LogP contribution in [0.2, 0.25) is 0 Å². The molecule has 2 heterocycles. The van der Waals surface area contributed by atoms with Gasteiger partial charge in [0.05, 0.1) is 25.2 Å². The molecule has 1 aromatic rings. The predicted octanol–water partition coefficient (Wildman–Crippen LogP) is 0.732. The molecule has 0 radical (unpaired) electrons. The van der Waals surface area contributed by atoms with Gasteiger partial charge in [-0.15, -0.1) is 0 Å². The summed E-state index contributed by atoms with van der Waals surface area (Å²) in [5.41, 5.74) is 7.97. The van der Waals surface area contributed by atoms with E-state index in [2.05, 4.69) is 0 Å². The van der Waals surface area contributed by atoms with Gasteiger partial charge in [-0.1, -0.05) is 0 Å². The molecule has 3 rings (SSSR count). The average molecular weight is 251 g/mol. The number of fused-ring (bicyclic) bond motifs is 1. The maximum atomic E-state index is 9.54. The summed E-state index contributed by atoms with van der Waals surface area (Å²) in [7, 11) is 0. The second-order valence-corrected chi connectivity index (χ2v) is 5.05. The van der Waals surface area contributed by atoms with Crippen LogP contribution in [0.4, 0.5) is 0 Å². The number of hydrogen-bond donors (Lipinski definition) is 2. The molecular weight excluding hydrogens is 234 g/mol. The van der Waals surface area contributed by atoms with Crippen molar-refractivity contribution < 1.29 is 19.3 Å². The van der Waals surface area contributed by atoms with Crippen LogP contribution in [-0.4, -0.2) is 31.7 Å². The average Bonchev–Trinajstić information content (AvgIpc) is 2.74. The van der Waals surface area contributed by atoms with Crippen LogP contribution in [-0.2, 0) is 4.74 Å². The van der Waals surface area contributed by atoms with Crippen molar-refractivity contribution in [2.24, 2.45) is 11.1 Å².